The van der Waals surface area contributed by atoms with Crippen molar-refractivity contribution in [2.75, 3.05) is 16.4 Å². The van der Waals surface area contributed by atoms with E-state index in [1.165, 1.54) is 41.0 Å². The molecule has 0 bridgehead atoms. The highest BCUT2D eigenvalue weighted by Crippen LogP contribution is 2.34. The largest absolute Gasteiger partial charge is 0.478 e. The number of carbonyl (C=O) groups is 3. The smallest absolute Gasteiger partial charge is 0.337 e. The lowest BCUT2D eigenvalue weighted by Gasteiger charge is -2.02. The van der Waals surface area contributed by atoms with Gasteiger partial charge < -0.3 is 21.5 Å². The standard InChI is InChI=1S/C14H11N5O4S.C8H9N5OS/c20-8-4-3-7(13(22)23)5-19(8)11-9-10(17-18-11)15-14(24-9)16-12(21)6-1-2-6;9-5-4-6(13-12-5)10-8(15-4)11-7(14)3-1-2-3/h3-6H,1-2H2,(H,22,23)(H2,15,16,17,18,21);3H,1-2H2,(H4,9,10,11,12,13,14). The number of nitrogens with one attached hydrogen (secondary N) is 4. The molecule has 2 saturated carbocycles. The van der Waals surface area contributed by atoms with Crippen LogP contribution in [0.1, 0.15) is 36.0 Å². The van der Waals surface area contributed by atoms with Gasteiger partial charge in [0.2, 0.25) is 11.8 Å². The summed E-state index contributed by atoms with van der Waals surface area (Å²) in [6.45, 7) is 0. The van der Waals surface area contributed by atoms with Crippen molar-refractivity contribution in [1.82, 2.24) is 34.9 Å². The molecule has 39 heavy (non-hydrogen) atoms. The maximum atomic E-state index is 12.0. The molecule has 5 aromatic rings. The van der Waals surface area contributed by atoms with Gasteiger partial charge in [-0.2, -0.15) is 15.2 Å². The van der Waals surface area contributed by atoms with Gasteiger partial charge in [-0.1, -0.05) is 22.7 Å². The Morgan fingerprint density at radius 3 is 2.21 bits per heavy atom. The Labute approximate surface area is 225 Å². The molecule has 0 spiro atoms. The molecule has 0 aromatic carbocycles. The van der Waals surface area contributed by atoms with Gasteiger partial charge >= 0.3 is 5.97 Å². The number of hydrogen-bond acceptors (Lipinski definition) is 11. The van der Waals surface area contributed by atoms with E-state index in [2.05, 4.69) is 41.0 Å². The monoisotopic (exact) mass is 568 g/mol. The molecule has 0 aliphatic heterocycles. The number of H-pyrrole nitrogens is 2. The Balaban J connectivity index is 0.000000158. The number of fused-ring (bicyclic) bond motifs is 2. The molecule has 0 atom stereocenters. The molecule has 5 aromatic heterocycles. The summed E-state index contributed by atoms with van der Waals surface area (Å²) in [5.74, 6) is -0.172. The quantitative estimate of drug-likeness (QED) is 0.175. The van der Waals surface area contributed by atoms with Crippen molar-refractivity contribution in [1.29, 1.82) is 0 Å². The van der Waals surface area contributed by atoms with Crippen LogP contribution in [0.5, 0.6) is 0 Å². The van der Waals surface area contributed by atoms with Crippen molar-refractivity contribution in [3.05, 3.63) is 34.2 Å². The second-order valence-corrected chi connectivity index (χ2v) is 11.0. The first-order valence-corrected chi connectivity index (χ1v) is 13.4. The van der Waals surface area contributed by atoms with Crippen LogP contribution >= 0.6 is 22.7 Å². The maximum absolute atomic E-state index is 12.0. The molecule has 5 heterocycles. The first kappa shape index (κ1) is 24.7. The summed E-state index contributed by atoms with van der Waals surface area (Å²) in [5, 5.41) is 28.8. The lowest BCUT2D eigenvalue weighted by Crippen LogP contribution is -2.18. The van der Waals surface area contributed by atoms with Gasteiger partial charge in [0.15, 0.2) is 27.4 Å². The van der Waals surface area contributed by atoms with Crippen LogP contribution in [0.2, 0.25) is 0 Å². The number of hydrogen-bond donors (Lipinski definition) is 6. The number of nitrogens with zero attached hydrogens (tertiary/aromatic N) is 5. The lowest BCUT2D eigenvalue weighted by molar-refractivity contribution is -0.118. The highest BCUT2D eigenvalue weighted by Gasteiger charge is 2.31. The number of anilines is 3. The lowest BCUT2D eigenvalue weighted by atomic mass is 10.3. The number of carboxylic acid groups (broad SMARTS) is 1. The van der Waals surface area contributed by atoms with Gasteiger partial charge in [0.05, 0.1) is 5.56 Å². The van der Waals surface area contributed by atoms with Gasteiger partial charge in [0.1, 0.15) is 15.2 Å². The molecule has 0 radical (unpaired) electrons. The van der Waals surface area contributed by atoms with E-state index in [4.69, 9.17) is 10.8 Å². The molecular weight excluding hydrogens is 548 g/mol. The summed E-state index contributed by atoms with van der Waals surface area (Å²) < 4.78 is 2.50. The predicted octanol–water partition coefficient (Wildman–Crippen LogP) is 2.17. The van der Waals surface area contributed by atoms with Crippen LogP contribution in [-0.2, 0) is 9.59 Å². The summed E-state index contributed by atoms with van der Waals surface area (Å²) in [5.41, 5.74) is 6.17. The fourth-order valence-corrected chi connectivity index (χ4v) is 5.31. The Morgan fingerprint density at radius 2 is 1.59 bits per heavy atom. The Hall–Kier alpha value is -4.64. The van der Waals surface area contributed by atoms with Crippen LogP contribution in [0.15, 0.2) is 23.1 Å². The van der Waals surface area contributed by atoms with Gasteiger partial charge in [-0.3, -0.25) is 29.1 Å². The number of nitrogens with two attached hydrogens (primary N) is 1. The number of nitrogen functional groups attached to an aromatic ring is 1. The number of aromatic nitrogens is 7. The number of aromatic carboxylic acids is 1. The Kier molecular flexibility index (Phi) is 6.07. The van der Waals surface area contributed by atoms with Crippen LogP contribution in [0.3, 0.4) is 0 Å². The van der Waals surface area contributed by atoms with Gasteiger partial charge in [-0.25, -0.2) is 9.78 Å². The minimum atomic E-state index is -1.14. The molecule has 2 amide bonds. The summed E-state index contributed by atoms with van der Waals surface area (Å²) in [6, 6.07) is 2.40. The van der Waals surface area contributed by atoms with Gasteiger partial charge in [-0.15, -0.1) is 0 Å². The summed E-state index contributed by atoms with van der Waals surface area (Å²) >= 11 is 2.52. The number of aromatic amines is 2. The van der Waals surface area contributed by atoms with Crippen LogP contribution in [0.4, 0.5) is 16.1 Å². The van der Waals surface area contributed by atoms with Crippen LogP contribution in [0.25, 0.3) is 26.5 Å². The fraction of sp³-hybridized carbons (Fsp3) is 0.273. The zero-order valence-electron chi connectivity index (χ0n) is 19.9. The molecule has 2 fully saturated rings. The zero-order valence-corrected chi connectivity index (χ0v) is 21.6. The van der Waals surface area contributed by atoms with E-state index in [1.54, 1.807) is 0 Å². The second-order valence-electron chi connectivity index (χ2n) is 9.01. The number of amides is 2. The molecule has 17 heteroatoms. The topological polar surface area (TPSA) is 227 Å². The average molecular weight is 569 g/mol. The van der Waals surface area contributed by atoms with Crippen LogP contribution in [-0.4, -0.2) is 57.8 Å². The van der Waals surface area contributed by atoms with E-state index in [9.17, 15) is 19.2 Å². The summed E-state index contributed by atoms with van der Waals surface area (Å²) in [6.07, 6.45) is 4.95. The Bertz CT molecular complexity index is 1810. The van der Waals surface area contributed by atoms with E-state index in [0.29, 0.717) is 32.1 Å². The summed E-state index contributed by atoms with van der Waals surface area (Å²) in [4.78, 5) is 54.8. The number of pyridine rings is 1. The van der Waals surface area contributed by atoms with Gasteiger partial charge in [0.25, 0.3) is 5.56 Å². The fourth-order valence-electron chi connectivity index (χ4n) is 3.59. The molecule has 200 valence electrons. The highest BCUT2D eigenvalue weighted by atomic mass is 32.1. The molecule has 7 N–H and O–H groups in total. The third kappa shape index (κ3) is 5.08. The minimum Gasteiger partial charge on any atom is -0.478 e. The van der Waals surface area contributed by atoms with Crippen LogP contribution < -0.4 is 21.9 Å². The molecule has 7 rings (SSSR count). The SMILES string of the molecule is Nc1[nH]nc2nc(NC(=O)C3CC3)sc12.O=C(O)c1ccc(=O)n(-c2n[nH]c3nc(NC(=O)C4CC4)sc23)c1. The average Bonchev–Trinajstić information content (AvgIpc) is 3.79. The van der Waals surface area contributed by atoms with Crippen molar-refractivity contribution < 1.29 is 19.5 Å². The number of rotatable bonds is 6. The van der Waals surface area contributed by atoms with Gasteiger partial charge in [0, 0.05) is 24.1 Å². The molecule has 0 unspecified atom stereocenters. The van der Waals surface area contributed by atoms with E-state index in [0.717, 1.165) is 35.0 Å². The second kappa shape index (κ2) is 9.59. The Morgan fingerprint density at radius 1 is 0.949 bits per heavy atom. The van der Waals surface area contributed by atoms with Crippen molar-refractivity contribution >= 4 is 77.2 Å². The first-order chi connectivity index (χ1) is 18.8. The number of carboxylic acids is 1. The number of carbonyl (C=O) groups excluding carboxylic acids is 2. The summed E-state index contributed by atoms with van der Waals surface area (Å²) in [7, 11) is 0. The molecular formula is C22H20N10O5S2. The maximum Gasteiger partial charge on any atom is 0.337 e. The van der Waals surface area contributed by atoms with Crippen molar-refractivity contribution in [2.24, 2.45) is 11.8 Å². The predicted molar refractivity (Wildman–Crippen MR) is 143 cm³/mol. The van der Waals surface area contributed by atoms with E-state index in [-0.39, 0.29) is 35.0 Å². The molecule has 15 nitrogen and oxygen atoms in total. The normalized spacial score (nSPS) is 14.7. The van der Waals surface area contributed by atoms with Crippen molar-refractivity contribution in [2.45, 2.75) is 25.7 Å². The highest BCUT2D eigenvalue weighted by molar-refractivity contribution is 7.23. The molecule has 0 saturated heterocycles. The first-order valence-electron chi connectivity index (χ1n) is 11.8. The van der Waals surface area contributed by atoms with Gasteiger partial charge in [-0.05, 0) is 31.7 Å². The zero-order chi connectivity index (χ0) is 27.3. The van der Waals surface area contributed by atoms with Crippen LogP contribution in [0, 0.1) is 11.8 Å². The minimum absolute atomic E-state index is 0.0301. The number of thiazole rings is 2. The third-order valence-corrected chi connectivity index (χ3v) is 7.94. The van der Waals surface area contributed by atoms with E-state index >= 15 is 0 Å². The molecule has 2 aliphatic carbocycles. The van der Waals surface area contributed by atoms with Crippen molar-refractivity contribution in [3.8, 4) is 5.82 Å². The van der Waals surface area contributed by atoms with E-state index in [1.807, 2.05) is 0 Å². The molecule has 2 aliphatic rings. The third-order valence-electron chi connectivity index (χ3n) is 5.98. The van der Waals surface area contributed by atoms with Crippen molar-refractivity contribution in [3.63, 3.8) is 0 Å². The van der Waals surface area contributed by atoms with E-state index < -0.39 is 11.5 Å².